The average molecular weight is 310 g/mol. The molecule has 72 valence electrons. The number of ether oxygens (including phenoxy) is 1. The molecule has 0 atom stereocenters. The lowest BCUT2D eigenvalue weighted by Crippen LogP contribution is -2.12. The van der Waals surface area contributed by atoms with E-state index in [4.69, 9.17) is 4.74 Å². The largest absolute Gasteiger partial charge is 0.371 e. The van der Waals surface area contributed by atoms with Crippen LogP contribution in [0.2, 0.25) is 0 Å². The standard InChI is InChI=1S/C9H11IO2S/c1-6(2)12-4-8(11)7-3-9(10)13-5-7/h3,5-6H,4H2,1-2H3. The Kier molecular flexibility index (Phi) is 4.34. The minimum absolute atomic E-state index is 0.0628. The Balaban J connectivity index is 2.49. The maximum Gasteiger partial charge on any atom is 0.189 e. The van der Waals surface area contributed by atoms with E-state index >= 15 is 0 Å². The number of ketones is 1. The maximum atomic E-state index is 11.4. The molecule has 4 heteroatoms. The van der Waals surface area contributed by atoms with Gasteiger partial charge in [0.25, 0.3) is 0 Å². The fourth-order valence-electron chi connectivity index (χ4n) is 0.782. The van der Waals surface area contributed by atoms with Crippen LogP contribution in [0.5, 0.6) is 0 Å². The lowest BCUT2D eigenvalue weighted by Gasteiger charge is -2.04. The average Bonchev–Trinajstić information content (AvgIpc) is 2.47. The number of hydrogen-bond acceptors (Lipinski definition) is 3. The summed E-state index contributed by atoms with van der Waals surface area (Å²) in [7, 11) is 0. The molecule has 0 aliphatic rings. The zero-order valence-electron chi connectivity index (χ0n) is 7.54. The summed E-state index contributed by atoms with van der Waals surface area (Å²) in [6.45, 7) is 4.03. The highest BCUT2D eigenvalue weighted by molar-refractivity contribution is 14.1. The highest BCUT2D eigenvalue weighted by Crippen LogP contribution is 2.17. The van der Waals surface area contributed by atoms with Gasteiger partial charge in [0.1, 0.15) is 6.61 Å². The van der Waals surface area contributed by atoms with Gasteiger partial charge in [-0.25, -0.2) is 0 Å². The van der Waals surface area contributed by atoms with E-state index in [-0.39, 0.29) is 18.5 Å². The molecule has 0 aromatic carbocycles. The molecule has 0 aliphatic carbocycles. The van der Waals surface area contributed by atoms with E-state index in [1.165, 1.54) is 0 Å². The van der Waals surface area contributed by atoms with Gasteiger partial charge in [0.15, 0.2) is 5.78 Å². The van der Waals surface area contributed by atoms with Gasteiger partial charge >= 0.3 is 0 Å². The number of carbonyl (C=O) groups is 1. The van der Waals surface area contributed by atoms with Gasteiger partial charge < -0.3 is 4.74 Å². The SMILES string of the molecule is CC(C)OCC(=O)c1csc(I)c1. The second-order valence-electron chi connectivity index (χ2n) is 2.92. The number of rotatable bonds is 4. The molecule has 1 heterocycles. The summed E-state index contributed by atoms with van der Waals surface area (Å²) in [6, 6.07) is 1.89. The van der Waals surface area contributed by atoms with Crippen LogP contribution in [0.15, 0.2) is 11.4 Å². The lowest BCUT2D eigenvalue weighted by molar-refractivity contribution is 0.0585. The van der Waals surface area contributed by atoms with Crippen LogP contribution in [-0.4, -0.2) is 18.5 Å². The molecule has 0 N–H and O–H groups in total. The van der Waals surface area contributed by atoms with Gasteiger partial charge in [-0.05, 0) is 42.5 Å². The molecular formula is C9H11IO2S. The van der Waals surface area contributed by atoms with E-state index in [1.807, 2.05) is 25.3 Å². The maximum absolute atomic E-state index is 11.4. The van der Waals surface area contributed by atoms with Crippen LogP contribution >= 0.6 is 33.9 Å². The predicted octanol–water partition coefficient (Wildman–Crippen LogP) is 2.96. The molecule has 0 saturated heterocycles. The molecule has 1 aromatic heterocycles. The van der Waals surface area contributed by atoms with Crippen molar-refractivity contribution in [3.05, 3.63) is 19.9 Å². The first kappa shape index (κ1) is 11.1. The van der Waals surface area contributed by atoms with Crippen molar-refractivity contribution in [2.75, 3.05) is 6.61 Å². The summed E-state index contributed by atoms with van der Waals surface area (Å²) in [6.07, 6.45) is 0.113. The molecule has 0 bridgehead atoms. The molecular weight excluding hydrogens is 299 g/mol. The van der Waals surface area contributed by atoms with Gasteiger partial charge in [0.05, 0.1) is 8.99 Å². The molecule has 13 heavy (non-hydrogen) atoms. The summed E-state index contributed by atoms with van der Waals surface area (Å²) in [4.78, 5) is 11.4. The van der Waals surface area contributed by atoms with E-state index in [9.17, 15) is 4.79 Å². The normalized spacial score (nSPS) is 10.8. The van der Waals surface area contributed by atoms with Crippen LogP contribution in [0.3, 0.4) is 0 Å². The van der Waals surface area contributed by atoms with Gasteiger partial charge in [-0.3, -0.25) is 4.79 Å². The first-order valence-corrected chi connectivity index (χ1v) is 5.94. The zero-order chi connectivity index (χ0) is 9.84. The number of thiophene rings is 1. The smallest absolute Gasteiger partial charge is 0.189 e. The Morgan fingerprint density at radius 1 is 1.69 bits per heavy atom. The summed E-state index contributed by atoms with van der Waals surface area (Å²) in [5.74, 6) is 0.0628. The Labute approximate surface area is 95.4 Å². The molecule has 0 aliphatic heterocycles. The van der Waals surface area contributed by atoms with Crippen LogP contribution in [0, 0.1) is 2.88 Å². The molecule has 1 rings (SSSR count). The van der Waals surface area contributed by atoms with Gasteiger partial charge in [0, 0.05) is 10.9 Å². The van der Waals surface area contributed by atoms with Gasteiger partial charge in [-0.2, -0.15) is 0 Å². The van der Waals surface area contributed by atoms with E-state index in [0.29, 0.717) is 0 Å². The van der Waals surface area contributed by atoms with Crippen LogP contribution in [0.25, 0.3) is 0 Å². The van der Waals surface area contributed by atoms with E-state index in [2.05, 4.69) is 22.6 Å². The Morgan fingerprint density at radius 3 is 2.85 bits per heavy atom. The first-order valence-electron chi connectivity index (χ1n) is 3.98. The van der Waals surface area contributed by atoms with Crippen molar-refractivity contribution < 1.29 is 9.53 Å². The number of hydrogen-bond donors (Lipinski definition) is 0. The summed E-state index contributed by atoms with van der Waals surface area (Å²) < 4.78 is 6.35. The predicted molar refractivity (Wildman–Crippen MR) is 62.5 cm³/mol. The zero-order valence-corrected chi connectivity index (χ0v) is 10.5. The Hall–Kier alpha value is 0.0600. The molecule has 0 unspecified atom stereocenters. The third-order valence-corrected chi connectivity index (χ3v) is 3.23. The molecule has 0 radical (unpaired) electrons. The van der Waals surface area contributed by atoms with Crippen LogP contribution < -0.4 is 0 Å². The van der Waals surface area contributed by atoms with Gasteiger partial charge in [-0.1, -0.05) is 0 Å². The van der Waals surface area contributed by atoms with Crippen molar-refractivity contribution in [3.63, 3.8) is 0 Å². The van der Waals surface area contributed by atoms with Crippen LogP contribution in [0.1, 0.15) is 24.2 Å². The quantitative estimate of drug-likeness (QED) is 0.631. The summed E-state index contributed by atoms with van der Waals surface area (Å²) in [5, 5.41) is 1.87. The monoisotopic (exact) mass is 310 g/mol. The van der Waals surface area contributed by atoms with Crippen molar-refractivity contribution >= 4 is 39.7 Å². The van der Waals surface area contributed by atoms with Crippen LogP contribution in [0.4, 0.5) is 0 Å². The van der Waals surface area contributed by atoms with E-state index in [1.54, 1.807) is 11.3 Å². The van der Waals surface area contributed by atoms with Crippen molar-refractivity contribution in [2.24, 2.45) is 0 Å². The van der Waals surface area contributed by atoms with E-state index in [0.717, 1.165) is 8.45 Å². The van der Waals surface area contributed by atoms with Crippen molar-refractivity contribution in [1.29, 1.82) is 0 Å². The van der Waals surface area contributed by atoms with Gasteiger partial charge in [-0.15, -0.1) is 11.3 Å². The third kappa shape index (κ3) is 3.74. The second kappa shape index (κ2) is 5.07. The molecule has 0 amide bonds. The minimum Gasteiger partial charge on any atom is -0.371 e. The Morgan fingerprint density at radius 2 is 2.38 bits per heavy atom. The summed E-state index contributed by atoms with van der Waals surface area (Å²) in [5.41, 5.74) is 0.759. The third-order valence-electron chi connectivity index (χ3n) is 1.44. The molecule has 2 nitrogen and oxygen atoms in total. The molecule has 0 fully saturated rings. The Bertz CT molecular complexity index is 294. The lowest BCUT2D eigenvalue weighted by atomic mass is 10.2. The highest BCUT2D eigenvalue weighted by Gasteiger charge is 2.08. The van der Waals surface area contributed by atoms with Crippen LogP contribution in [-0.2, 0) is 4.74 Å². The van der Waals surface area contributed by atoms with Crippen molar-refractivity contribution in [2.45, 2.75) is 20.0 Å². The second-order valence-corrected chi connectivity index (χ2v) is 5.73. The summed E-state index contributed by atoms with van der Waals surface area (Å²) >= 11 is 3.78. The number of Topliss-reactive ketones (excluding diaryl/α,β-unsaturated/α-hetero) is 1. The fraction of sp³-hybridized carbons (Fsp3) is 0.444. The minimum atomic E-state index is 0.0628. The van der Waals surface area contributed by atoms with E-state index < -0.39 is 0 Å². The van der Waals surface area contributed by atoms with Gasteiger partial charge in [0.2, 0.25) is 0 Å². The molecule has 0 spiro atoms. The topological polar surface area (TPSA) is 26.3 Å². The number of carbonyl (C=O) groups excluding carboxylic acids is 1. The molecule has 1 aromatic rings. The molecule has 0 saturated carbocycles. The van der Waals surface area contributed by atoms with Crippen molar-refractivity contribution in [3.8, 4) is 0 Å². The van der Waals surface area contributed by atoms with Crippen molar-refractivity contribution in [1.82, 2.24) is 0 Å². The number of halogens is 1. The first-order chi connectivity index (χ1) is 6.09. The highest BCUT2D eigenvalue weighted by atomic mass is 127. The fourth-order valence-corrected chi connectivity index (χ4v) is 2.13.